The number of phenolic OH excluding ortho intramolecular Hbond substituents is 1. The Morgan fingerprint density at radius 3 is 2.78 bits per heavy atom. The van der Waals surface area contributed by atoms with Crippen molar-refractivity contribution in [3.63, 3.8) is 0 Å². The van der Waals surface area contributed by atoms with Gasteiger partial charge in [-0.3, -0.25) is 14.9 Å². The van der Waals surface area contributed by atoms with Gasteiger partial charge >= 0.3 is 0 Å². The van der Waals surface area contributed by atoms with Gasteiger partial charge in [-0.05, 0) is 18.5 Å². The lowest BCUT2D eigenvalue weighted by molar-refractivity contribution is -0.384. The number of carbonyl (C=O) groups excluding carboxylic acids is 1. The van der Waals surface area contributed by atoms with Crippen molar-refractivity contribution in [3.8, 4) is 5.75 Å². The van der Waals surface area contributed by atoms with Crippen LogP contribution >= 0.6 is 0 Å². The van der Waals surface area contributed by atoms with Crippen LogP contribution in [-0.4, -0.2) is 29.0 Å². The van der Waals surface area contributed by atoms with Crippen molar-refractivity contribution in [1.29, 1.82) is 0 Å². The molecule has 1 atom stereocenters. The van der Waals surface area contributed by atoms with Gasteiger partial charge in [-0.25, -0.2) is 0 Å². The number of amides is 1. The number of rotatable bonds is 3. The zero-order valence-corrected chi connectivity index (χ0v) is 9.57. The number of phenols is 1. The van der Waals surface area contributed by atoms with Crippen LogP contribution in [-0.2, 0) is 4.79 Å². The summed E-state index contributed by atoms with van der Waals surface area (Å²) in [4.78, 5) is 23.1. The maximum absolute atomic E-state index is 11.7. The molecule has 96 valence electrons. The standard InChI is InChI=1S/C11H13N3O4/c12-5-7-3-11(16)13(6-7)9-2-1-8(14(17)18)4-10(9)15/h1-2,4,7,15H,3,5-6,12H2. The summed E-state index contributed by atoms with van der Waals surface area (Å²) >= 11 is 0. The number of nitrogens with zero attached hydrogens (tertiary/aromatic N) is 2. The van der Waals surface area contributed by atoms with Crippen molar-refractivity contribution >= 4 is 17.3 Å². The summed E-state index contributed by atoms with van der Waals surface area (Å²) in [6.07, 6.45) is 0.340. The molecule has 18 heavy (non-hydrogen) atoms. The molecule has 7 heteroatoms. The quantitative estimate of drug-likeness (QED) is 0.604. The molecule has 1 amide bonds. The number of anilines is 1. The molecule has 3 N–H and O–H groups in total. The molecule has 7 nitrogen and oxygen atoms in total. The van der Waals surface area contributed by atoms with Gasteiger partial charge in [0.15, 0.2) is 0 Å². The smallest absolute Gasteiger partial charge is 0.273 e. The molecule has 1 saturated heterocycles. The molecule has 2 rings (SSSR count). The molecule has 1 aromatic rings. The predicted molar refractivity (Wildman–Crippen MR) is 64.3 cm³/mol. The number of nitrogens with two attached hydrogens (primary N) is 1. The van der Waals surface area contributed by atoms with Gasteiger partial charge in [0.1, 0.15) is 5.75 Å². The fourth-order valence-electron chi connectivity index (χ4n) is 2.03. The highest BCUT2D eigenvalue weighted by atomic mass is 16.6. The van der Waals surface area contributed by atoms with Crippen LogP contribution in [0.25, 0.3) is 0 Å². The Morgan fingerprint density at radius 1 is 1.56 bits per heavy atom. The highest BCUT2D eigenvalue weighted by Gasteiger charge is 2.31. The molecule has 0 aromatic heterocycles. The molecule has 0 aliphatic carbocycles. The lowest BCUT2D eigenvalue weighted by Crippen LogP contribution is -2.25. The number of hydrogen-bond donors (Lipinski definition) is 2. The summed E-state index contributed by atoms with van der Waals surface area (Å²) in [6.45, 7) is 0.830. The number of aromatic hydroxyl groups is 1. The van der Waals surface area contributed by atoms with Gasteiger partial charge in [0.05, 0.1) is 16.7 Å². The van der Waals surface area contributed by atoms with E-state index in [9.17, 15) is 20.0 Å². The normalized spacial score (nSPS) is 19.3. The maximum Gasteiger partial charge on any atom is 0.273 e. The Labute approximate surface area is 103 Å². The highest BCUT2D eigenvalue weighted by Crippen LogP contribution is 2.34. The molecule has 1 heterocycles. The van der Waals surface area contributed by atoms with Gasteiger partial charge in [0.2, 0.25) is 5.91 Å². The second kappa shape index (κ2) is 4.61. The van der Waals surface area contributed by atoms with E-state index in [0.717, 1.165) is 6.07 Å². The number of benzene rings is 1. The lowest BCUT2D eigenvalue weighted by Gasteiger charge is -2.17. The van der Waals surface area contributed by atoms with Gasteiger partial charge in [0.25, 0.3) is 5.69 Å². The van der Waals surface area contributed by atoms with Crippen molar-refractivity contribution in [2.45, 2.75) is 6.42 Å². The second-order valence-electron chi connectivity index (χ2n) is 4.24. The molecule has 1 aliphatic rings. The highest BCUT2D eigenvalue weighted by molar-refractivity contribution is 5.97. The summed E-state index contributed by atoms with van der Waals surface area (Å²) in [5.41, 5.74) is 5.59. The Hall–Kier alpha value is -2.15. The first-order valence-electron chi connectivity index (χ1n) is 5.50. The van der Waals surface area contributed by atoms with E-state index in [1.807, 2.05) is 0 Å². The third-order valence-corrected chi connectivity index (χ3v) is 3.00. The van der Waals surface area contributed by atoms with E-state index < -0.39 is 4.92 Å². The predicted octanol–water partition coefficient (Wildman–Crippen LogP) is 0.612. The van der Waals surface area contributed by atoms with E-state index in [1.54, 1.807) is 0 Å². The molecule has 0 spiro atoms. The number of carbonyl (C=O) groups is 1. The molecule has 1 aromatic carbocycles. The van der Waals surface area contributed by atoms with Crippen LogP contribution in [0.15, 0.2) is 18.2 Å². The van der Waals surface area contributed by atoms with Crippen molar-refractivity contribution in [1.82, 2.24) is 0 Å². The van der Waals surface area contributed by atoms with Gasteiger partial charge in [-0.2, -0.15) is 0 Å². The Kier molecular flexibility index (Phi) is 3.15. The molecule has 1 unspecified atom stereocenters. The average molecular weight is 251 g/mol. The van der Waals surface area contributed by atoms with Gasteiger partial charge < -0.3 is 15.7 Å². The van der Waals surface area contributed by atoms with Crippen molar-refractivity contribution in [3.05, 3.63) is 28.3 Å². The van der Waals surface area contributed by atoms with Crippen molar-refractivity contribution in [2.24, 2.45) is 11.7 Å². The third-order valence-electron chi connectivity index (χ3n) is 3.00. The molecular weight excluding hydrogens is 238 g/mol. The maximum atomic E-state index is 11.7. The largest absolute Gasteiger partial charge is 0.505 e. The summed E-state index contributed by atoms with van der Waals surface area (Å²) in [6, 6.07) is 3.68. The van der Waals surface area contributed by atoms with E-state index >= 15 is 0 Å². The fourth-order valence-corrected chi connectivity index (χ4v) is 2.03. The van der Waals surface area contributed by atoms with E-state index in [-0.39, 0.29) is 23.3 Å². The first-order chi connectivity index (χ1) is 8.52. The second-order valence-corrected chi connectivity index (χ2v) is 4.24. The summed E-state index contributed by atoms with van der Waals surface area (Å²) in [5.74, 6) is -0.336. The minimum absolute atomic E-state index is 0.0621. The fraction of sp³-hybridized carbons (Fsp3) is 0.364. The van der Waals surface area contributed by atoms with Gasteiger partial charge in [0, 0.05) is 19.0 Å². The Balaban J connectivity index is 2.29. The zero-order chi connectivity index (χ0) is 13.3. The van der Waals surface area contributed by atoms with Crippen molar-refractivity contribution < 1.29 is 14.8 Å². The van der Waals surface area contributed by atoms with Crippen molar-refractivity contribution in [2.75, 3.05) is 18.0 Å². The Morgan fingerprint density at radius 2 is 2.28 bits per heavy atom. The topological polar surface area (TPSA) is 110 Å². The molecule has 1 fully saturated rings. The van der Waals surface area contributed by atoms with Crippen LogP contribution in [0.4, 0.5) is 11.4 Å². The van der Waals surface area contributed by atoms with E-state index in [0.29, 0.717) is 25.2 Å². The molecule has 0 radical (unpaired) electrons. The number of non-ortho nitro benzene ring substituents is 1. The van der Waals surface area contributed by atoms with Crippen LogP contribution in [0.1, 0.15) is 6.42 Å². The minimum Gasteiger partial charge on any atom is -0.505 e. The number of nitro benzene ring substituents is 1. The molecule has 0 saturated carbocycles. The molecule has 1 aliphatic heterocycles. The average Bonchev–Trinajstić information content (AvgIpc) is 2.70. The van der Waals surface area contributed by atoms with Crippen LogP contribution in [0, 0.1) is 16.0 Å². The molecule has 0 bridgehead atoms. The minimum atomic E-state index is -0.599. The third kappa shape index (κ3) is 2.12. The van der Waals surface area contributed by atoms with Crippen LogP contribution < -0.4 is 10.6 Å². The van der Waals surface area contributed by atoms with E-state index in [1.165, 1.54) is 17.0 Å². The first kappa shape index (κ1) is 12.3. The van der Waals surface area contributed by atoms with Gasteiger partial charge in [-0.15, -0.1) is 0 Å². The summed E-state index contributed by atoms with van der Waals surface area (Å²) < 4.78 is 0. The monoisotopic (exact) mass is 251 g/mol. The van der Waals surface area contributed by atoms with Crippen LogP contribution in [0.5, 0.6) is 5.75 Å². The number of nitro groups is 1. The summed E-state index contributed by atoms with van der Waals surface area (Å²) in [5, 5.41) is 20.3. The van der Waals surface area contributed by atoms with Gasteiger partial charge in [-0.1, -0.05) is 0 Å². The van der Waals surface area contributed by atoms with Crippen LogP contribution in [0.2, 0.25) is 0 Å². The summed E-state index contributed by atoms with van der Waals surface area (Å²) in [7, 11) is 0. The van der Waals surface area contributed by atoms with Crippen LogP contribution in [0.3, 0.4) is 0 Å². The van der Waals surface area contributed by atoms with E-state index in [4.69, 9.17) is 5.73 Å². The zero-order valence-electron chi connectivity index (χ0n) is 9.57. The Bertz CT molecular complexity index is 503. The first-order valence-corrected chi connectivity index (χ1v) is 5.50. The van der Waals surface area contributed by atoms with E-state index in [2.05, 4.69) is 0 Å². The molecular formula is C11H13N3O4. The number of hydrogen-bond acceptors (Lipinski definition) is 5. The lowest BCUT2D eigenvalue weighted by atomic mass is 10.1. The SMILES string of the molecule is NCC1CC(=O)N(c2ccc([N+](=O)[O-])cc2O)C1.